The minimum absolute atomic E-state index is 0.0977. The number of aromatic nitrogens is 2. The van der Waals surface area contributed by atoms with E-state index in [9.17, 15) is 18.5 Å². The second kappa shape index (κ2) is 8.32. The third-order valence-corrected chi connectivity index (χ3v) is 7.26. The van der Waals surface area contributed by atoms with Gasteiger partial charge in [0.05, 0.1) is 14.7 Å². The molecule has 0 aliphatic heterocycles. The molecule has 0 saturated heterocycles. The molecule has 0 amide bonds. The first-order valence-corrected chi connectivity index (χ1v) is 10.7. The van der Waals surface area contributed by atoms with Crippen LogP contribution in [0.5, 0.6) is 0 Å². The molecule has 0 bridgehead atoms. The predicted octanol–water partition coefficient (Wildman–Crippen LogP) is 3.49. The Hall–Kier alpha value is -2.04. The molecule has 8 nitrogen and oxygen atoms in total. The summed E-state index contributed by atoms with van der Waals surface area (Å²) in [5.41, 5.74) is 2.28. The monoisotopic (exact) mass is 410 g/mol. The van der Waals surface area contributed by atoms with Gasteiger partial charge >= 0.3 is 0 Å². The summed E-state index contributed by atoms with van der Waals surface area (Å²) in [5, 5.41) is 11.9. The smallest absolute Gasteiger partial charge is 0.258 e. The summed E-state index contributed by atoms with van der Waals surface area (Å²) in [6.07, 6.45) is 0. The Kier molecular flexibility index (Phi) is 6.55. The highest BCUT2D eigenvalue weighted by molar-refractivity contribution is 7.99. The van der Waals surface area contributed by atoms with Gasteiger partial charge in [0.2, 0.25) is 10.0 Å². The molecule has 1 aromatic heterocycles. The third kappa shape index (κ3) is 4.45. The van der Waals surface area contributed by atoms with Gasteiger partial charge in [-0.2, -0.15) is 4.31 Å². The van der Waals surface area contributed by atoms with Gasteiger partial charge in [0.1, 0.15) is 0 Å². The van der Waals surface area contributed by atoms with E-state index in [1.54, 1.807) is 13.8 Å². The van der Waals surface area contributed by atoms with Crippen LogP contribution in [0.3, 0.4) is 0 Å². The maximum atomic E-state index is 12.6. The topological polar surface area (TPSA) is 106 Å². The molecular formula is C17H22N4O4S2. The largest absolute Gasteiger partial charge is 0.284 e. The molecule has 0 fully saturated rings. The Morgan fingerprint density at radius 1 is 1.11 bits per heavy atom. The molecule has 0 aliphatic rings. The van der Waals surface area contributed by atoms with Crippen molar-refractivity contribution in [3.8, 4) is 0 Å². The fourth-order valence-electron chi connectivity index (χ4n) is 2.48. The fourth-order valence-corrected chi connectivity index (χ4v) is 4.90. The van der Waals surface area contributed by atoms with E-state index in [2.05, 4.69) is 9.97 Å². The number of hydrogen-bond donors (Lipinski definition) is 0. The summed E-state index contributed by atoms with van der Waals surface area (Å²) in [4.78, 5) is 19.9. The van der Waals surface area contributed by atoms with Gasteiger partial charge in [-0.15, -0.1) is 0 Å². The Balaban J connectivity index is 2.50. The highest BCUT2D eigenvalue weighted by Crippen LogP contribution is 2.35. The first kappa shape index (κ1) is 21.3. The van der Waals surface area contributed by atoms with Crippen LogP contribution in [-0.4, -0.2) is 40.7 Å². The summed E-state index contributed by atoms with van der Waals surface area (Å²) >= 11 is 1.05. The molecule has 0 aliphatic carbocycles. The number of nitro groups is 1. The lowest BCUT2D eigenvalue weighted by Gasteiger charge is -2.18. The number of nitro benzene ring substituents is 1. The second-order valence-electron chi connectivity index (χ2n) is 5.88. The molecule has 0 atom stereocenters. The van der Waals surface area contributed by atoms with Gasteiger partial charge < -0.3 is 0 Å². The number of nitrogens with zero attached hydrogens (tertiary/aromatic N) is 4. The van der Waals surface area contributed by atoms with Crippen LogP contribution >= 0.6 is 11.8 Å². The number of sulfonamides is 1. The van der Waals surface area contributed by atoms with Crippen LogP contribution in [0.2, 0.25) is 0 Å². The van der Waals surface area contributed by atoms with Gasteiger partial charge in [-0.05, 0) is 50.2 Å². The van der Waals surface area contributed by atoms with E-state index < -0.39 is 14.9 Å². The summed E-state index contributed by atoms with van der Waals surface area (Å²) in [5.74, 6) is 0. The van der Waals surface area contributed by atoms with Gasteiger partial charge in [-0.3, -0.25) is 10.1 Å². The molecule has 10 heteroatoms. The Bertz CT molecular complexity index is 950. The lowest BCUT2D eigenvalue weighted by molar-refractivity contribution is -0.388. The number of aryl methyl sites for hydroxylation is 2. The summed E-state index contributed by atoms with van der Waals surface area (Å²) < 4.78 is 26.5. The Labute approximate surface area is 163 Å². The van der Waals surface area contributed by atoms with Crippen LogP contribution in [0.1, 0.15) is 30.8 Å². The summed E-state index contributed by atoms with van der Waals surface area (Å²) in [6, 6.07) is 3.92. The fraction of sp³-hybridized carbons (Fsp3) is 0.412. The first-order valence-electron chi connectivity index (χ1n) is 8.40. The van der Waals surface area contributed by atoms with E-state index in [1.807, 2.05) is 20.8 Å². The van der Waals surface area contributed by atoms with Crippen LogP contribution in [0, 0.1) is 30.9 Å². The molecule has 0 spiro atoms. The maximum Gasteiger partial charge on any atom is 0.284 e. The van der Waals surface area contributed by atoms with Crippen LogP contribution in [-0.2, 0) is 10.0 Å². The van der Waals surface area contributed by atoms with Crippen LogP contribution in [0.15, 0.2) is 33.1 Å². The number of rotatable bonds is 7. The van der Waals surface area contributed by atoms with Gasteiger partial charge in [0.25, 0.3) is 5.69 Å². The zero-order valence-corrected chi connectivity index (χ0v) is 17.5. The van der Waals surface area contributed by atoms with Gasteiger partial charge in [0, 0.05) is 30.5 Å². The molecule has 0 unspecified atom stereocenters. The second-order valence-corrected chi connectivity index (χ2v) is 8.83. The molecule has 2 rings (SSSR count). The first-order chi connectivity index (χ1) is 12.6. The SMILES string of the molecule is CCN(CC)S(=O)(=O)c1ccc(Sc2nc(C)c(C)c(C)n2)c([N+](=O)[O-])c1. The van der Waals surface area contributed by atoms with Crippen molar-refractivity contribution in [1.29, 1.82) is 0 Å². The quantitative estimate of drug-likeness (QED) is 0.391. The average molecular weight is 411 g/mol. The Morgan fingerprint density at radius 2 is 1.67 bits per heavy atom. The summed E-state index contributed by atoms with van der Waals surface area (Å²) in [6.45, 7) is 9.63. The average Bonchev–Trinajstić information content (AvgIpc) is 2.60. The minimum Gasteiger partial charge on any atom is -0.258 e. The van der Waals surface area contributed by atoms with Crippen molar-refractivity contribution in [3.63, 3.8) is 0 Å². The van der Waals surface area contributed by atoms with Crippen molar-refractivity contribution < 1.29 is 13.3 Å². The van der Waals surface area contributed by atoms with E-state index in [1.165, 1.54) is 16.4 Å². The molecule has 0 radical (unpaired) electrons. The molecule has 0 N–H and O–H groups in total. The van der Waals surface area contributed by atoms with Crippen molar-refractivity contribution in [3.05, 3.63) is 45.3 Å². The molecular weight excluding hydrogens is 388 g/mol. The van der Waals surface area contributed by atoms with Gasteiger partial charge in [-0.25, -0.2) is 18.4 Å². The summed E-state index contributed by atoms with van der Waals surface area (Å²) in [7, 11) is -3.78. The highest BCUT2D eigenvalue weighted by Gasteiger charge is 2.26. The van der Waals surface area contributed by atoms with Crippen LogP contribution in [0.4, 0.5) is 5.69 Å². The van der Waals surface area contributed by atoms with E-state index in [0.29, 0.717) is 23.1 Å². The normalized spacial score (nSPS) is 11.8. The Morgan fingerprint density at radius 3 is 2.15 bits per heavy atom. The van der Waals surface area contributed by atoms with Gasteiger partial charge in [-0.1, -0.05) is 13.8 Å². The zero-order valence-electron chi connectivity index (χ0n) is 15.9. The van der Waals surface area contributed by atoms with Crippen LogP contribution < -0.4 is 0 Å². The lowest BCUT2D eigenvalue weighted by atomic mass is 10.2. The molecule has 27 heavy (non-hydrogen) atoms. The van der Waals surface area contributed by atoms with E-state index in [0.717, 1.165) is 34.8 Å². The zero-order chi connectivity index (χ0) is 20.4. The molecule has 2 aromatic rings. The van der Waals surface area contributed by atoms with Crippen molar-refractivity contribution >= 4 is 27.5 Å². The van der Waals surface area contributed by atoms with E-state index >= 15 is 0 Å². The third-order valence-electron chi connectivity index (χ3n) is 4.28. The van der Waals surface area contributed by atoms with Crippen LogP contribution in [0.25, 0.3) is 0 Å². The maximum absolute atomic E-state index is 12.6. The van der Waals surface area contributed by atoms with E-state index in [-0.39, 0.29) is 10.6 Å². The standard InChI is InChI=1S/C17H22N4O4S2/c1-6-20(7-2)27(24,25)14-8-9-16(15(10-14)21(22)23)26-17-18-12(4)11(3)13(5)19-17/h8-10H,6-7H2,1-5H3. The molecule has 1 aromatic carbocycles. The van der Waals surface area contributed by atoms with Gasteiger partial charge in [0.15, 0.2) is 5.16 Å². The molecule has 146 valence electrons. The molecule has 0 saturated carbocycles. The number of hydrogen-bond acceptors (Lipinski definition) is 7. The van der Waals surface area contributed by atoms with Crippen molar-refractivity contribution in [2.24, 2.45) is 0 Å². The number of benzene rings is 1. The molecule has 1 heterocycles. The lowest BCUT2D eigenvalue weighted by Crippen LogP contribution is -2.30. The minimum atomic E-state index is -3.78. The van der Waals surface area contributed by atoms with Crippen molar-refractivity contribution in [2.45, 2.75) is 49.6 Å². The van der Waals surface area contributed by atoms with Crippen molar-refractivity contribution in [2.75, 3.05) is 13.1 Å². The highest BCUT2D eigenvalue weighted by atomic mass is 32.2. The van der Waals surface area contributed by atoms with Crippen molar-refractivity contribution in [1.82, 2.24) is 14.3 Å². The predicted molar refractivity (Wildman–Crippen MR) is 104 cm³/mol. The van der Waals surface area contributed by atoms with E-state index in [4.69, 9.17) is 0 Å².